The zero-order chi connectivity index (χ0) is 13.5. The van der Waals surface area contributed by atoms with E-state index in [1.807, 2.05) is 6.07 Å². The molecule has 1 aromatic carbocycles. The molecule has 1 heterocycles. The Bertz CT molecular complexity index is 516. The molecule has 0 bridgehead atoms. The van der Waals surface area contributed by atoms with E-state index in [4.69, 9.17) is 4.74 Å². The quantitative estimate of drug-likeness (QED) is 0.808. The van der Waals surface area contributed by atoms with E-state index >= 15 is 0 Å². The van der Waals surface area contributed by atoms with Gasteiger partial charge in [0.2, 0.25) is 0 Å². The molecule has 0 aliphatic heterocycles. The average molecular weight is 261 g/mol. The molecular formula is C14H16FN3O. The van der Waals surface area contributed by atoms with Crippen molar-refractivity contribution in [1.82, 2.24) is 15.3 Å². The summed E-state index contributed by atoms with van der Waals surface area (Å²) in [6.45, 7) is 2.09. The maximum Gasteiger partial charge on any atom is 0.159 e. The summed E-state index contributed by atoms with van der Waals surface area (Å²) >= 11 is 0. The first-order chi connectivity index (χ1) is 9.29. The summed E-state index contributed by atoms with van der Waals surface area (Å²) in [7, 11) is 1.67. The number of hydrogen-bond acceptors (Lipinski definition) is 4. The van der Waals surface area contributed by atoms with Gasteiger partial charge in [-0.25, -0.2) is 14.4 Å². The van der Waals surface area contributed by atoms with Crippen LogP contribution in [0, 0.1) is 5.82 Å². The zero-order valence-corrected chi connectivity index (χ0v) is 10.8. The Labute approximate surface area is 111 Å². The van der Waals surface area contributed by atoms with Crippen LogP contribution in [0.1, 0.15) is 5.69 Å². The molecule has 100 valence electrons. The highest BCUT2D eigenvalue weighted by molar-refractivity contribution is 5.54. The van der Waals surface area contributed by atoms with Gasteiger partial charge in [0.05, 0.1) is 12.3 Å². The van der Waals surface area contributed by atoms with Gasteiger partial charge in [-0.3, -0.25) is 0 Å². The third-order valence-corrected chi connectivity index (χ3v) is 2.60. The van der Waals surface area contributed by atoms with Crippen molar-refractivity contribution in [3.8, 4) is 11.4 Å². The van der Waals surface area contributed by atoms with Gasteiger partial charge in [0.1, 0.15) is 5.82 Å². The molecular weight excluding hydrogens is 245 g/mol. The highest BCUT2D eigenvalue weighted by atomic mass is 19.1. The first kappa shape index (κ1) is 13.6. The van der Waals surface area contributed by atoms with Crippen molar-refractivity contribution in [3.05, 3.63) is 48.0 Å². The van der Waals surface area contributed by atoms with E-state index in [0.29, 0.717) is 19.0 Å². The summed E-state index contributed by atoms with van der Waals surface area (Å²) in [5.74, 6) is 0.340. The predicted molar refractivity (Wildman–Crippen MR) is 71.0 cm³/mol. The van der Waals surface area contributed by atoms with E-state index < -0.39 is 0 Å². The molecule has 0 spiro atoms. The van der Waals surface area contributed by atoms with Gasteiger partial charge >= 0.3 is 0 Å². The second kappa shape index (κ2) is 6.92. The molecule has 0 saturated carbocycles. The van der Waals surface area contributed by atoms with Gasteiger partial charge in [-0.1, -0.05) is 0 Å². The molecule has 0 unspecified atom stereocenters. The highest BCUT2D eigenvalue weighted by Gasteiger charge is 2.02. The molecule has 4 nitrogen and oxygen atoms in total. The molecule has 0 fully saturated rings. The van der Waals surface area contributed by atoms with Crippen LogP contribution in [0.3, 0.4) is 0 Å². The number of methoxy groups -OCH3 is 1. The van der Waals surface area contributed by atoms with Crippen molar-refractivity contribution in [2.24, 2.45) is 0 Å². The molecule has 0 atom stereocenters. The van der Waals surface area contributed by atoms with Crippen molar-refractivity contribution in [2.45, 2.75) is 6.54 Å². The Morgan fingerprint density at radius 1 is 1.21 bits per heavy atom. The highest BCUT2D eigenvalue weighted by Crippen LogP contribution is 2.14. The number of nitrogens with zero attached hydrogens (tertiary/aromatic N) is 2. The van der Waals surface area contributed by atoms with E-state index in [0.717, 1.165) is 17.8 Å². The van der Waals surface area contributed by atoms with E-state index in [-0.39, 0.29) is 5.82 Å². The number of ether oxygens (including phenoxy) is 1. The van der Waals surface area contributed by atoms with Crippen molar-refractivity contribution in [2.75, 3.05) is 20.3 Å². The molecule has 1 N–H and O–H groups in total. The fraction of sp³-hybridized carbons (Fsp3) is 0.286. The summed E-state index contributed by atoms with van der Waals surface area (Å²) in [5, 5.41) is 3.22. The van der Waals surface area contributed by atoms with Gasteiger partial charge in [-0.05, 0) is 30.3 Å². The largest absolute Gasteiger partial charge is 0.383 e. The predicted octanol–water partition coefficient (Wildman–Crippen LogP) is 2.02. The summed E-state index contributed by atoms with van der Waals surface area (Å²) in [4.78, 5) is 8.63. The molecule has 5 heteroatoms. The third-order valence-electron chi connectivity index (χ3n) is 2.60. The lowest BCUT2D eigenvalue weighted by atomic mass is 10.2. The topological polar surface area (TPSA) is 47.0 Å². The minimum Gasteiger partial charge on any atom is -0.383 e. The first-order valence-corrected chi connectivity index (χ1v) is 6.07. The SMILES string of the molecule is COCCNCc1ccnc(-c2ccc(F)cc2)n1. The number of benzene rings is 1. The normalized spacial score (nSPS) is 10.6. The lowest BCUT2D eigenvalue weighted by Crippen LogP contribution is -2.19. The minimum absolute atomic E-state index is 0.263. The fourth-order valence-electron chi connectivity index (χ4n) is 1.62. The summed E-state index contributed by atoms with van der Waals surface area (Å²) < 4.78 is 17.8. The van der Waals surface area contributed by atoms with Crippen LogP contribution in [-0.4, -0.2) is 30.2 Å². The van der Waals surface area contributed by atoms with E-state index in [9.17, 15) is 4.39 Å². The molecule has 19 heavy (non-hydrogen) atoms. The first-order valence-electron chi connectivity index (χ1n) is 6.07. The van der Waals surface area contributed by atoms with Gasteiger partial charge in [-0.2, -0.15) is 0 Å². The van der Waals surface area contributed by atoms with Crippen LogP contribution in [0.25, 0.3) is 11.4 Å². The van der Waals surface area contributed by atoms with Crippen molar-refractivity contribution < 1.29 is 9.13 Å². The molecule has 0 amide bonds. The Morgan fingerprint density at radius 3 is 2.74 bits per heavy atom. The summed E-state index contributed by atoms with van der Waals surface area (Å²) in [6, 6.07) is 8.01. The number of hydrogen-bond donors (Lipinski definition) is 1. The van der Waals surface area contributed by atoms with Crippen LogP contribution in [0.5, 0.6) is 0 Å². The molecule has 2 rings (SSSR count). The number of halogens is 1. The summed E-state index contributed by atoms with van der Waals surface area (Å²) in [6.07, 6.45) is 1.71. The molecule has 0 saturated heterocycles. The van der Waals surface area contributed by atoms with Crippen LogP contribution in [0.15, 0.2) is 36.5 Å². The lowest BCUT2D eigenvalue weighted by molar-refractivity contribution is 0.199. The second-order valence-corrected chi connectivity index (χ2v) is 4.05. The Hall–Kier alpha value is -1.85. The van der Waals surface area contributed by atoms with Gasteiger partial charge in [0.25, 0.3) is 0 Å². The second-order valence-electron chi connectivity index (χ2n) is 4.05. The molecule has 0 aliphatic carbocycles. The third kappa shape index (κ3) is 4.08. The number of aromatic nitrogens is 2. The molecule has 1 aromatic heterocycles. The number of rotatable bonds is 6. The molecule has 0 aliphatic rings. The lowest BCUT2D eigenvalue weighted by Gasteiger charge is -2.05. The van der Waals surface area contributed by atoms with Crippen LogP contribution >= 0.6 is 0 Å². The zero-order valence-electron chi connectivity index (χ0n) is 10.8. The Kier molecular flexibility index (Phi) is 4.94. The van der Waals surface area contributed by atoms with Crippen LogP contribution in [-0.2, 0) is 11.3 Å². The van der Waals surface area contributed by atoms with Crippen molar-refractivity contribution >= 4 is 0 Å². The monoisotopic (exact) mass is 261 g/mol. The Morgan fingerprint density at radius 2 is 2.00 bits per heavy atom. The van der Waals surface area contributed by atoms with Crippen LogP contribution in [0.4, 0.5) is 4.39 Å². The minimum atomic E-state index is -0.263. The van der Waals surface area contributed by atoms with E-state index in [2.05, 4.69) is 15.3 Å². The van der Waals surface area contributed by atoms with Crippen molar-refractivity contribution in [3.63, 3.8) is 0 Å². The molecule has 0 radical (unpaired) electrons. The van der Waals surface area contributed by atoms with Gasteiger partial charge in [-0.15, -0.1) is 0 Å². The fourth-order valence-corrected chi connectivity index (χ4v) is 1.62. The standard InChI is InChI=1S/C14H16FN3O/c1-19-9-8-16-10-13-6-7-17-14(18-13)11-2-4-12(15)5-3-11/h2-7,16H,8-10H2,1H3. The van der Waals surface area contributed by atoms with E-state index in [1.54, 1.807) is 25.4 Å². The number of nitrogens with one attached hydrogen (secondary N) is 1. The average Bonchev–Trinajstić information content (AvgIpc) is 2.45. The van der Waals surface area contributed by atoms with Crippen LogP contribution < -0.4 is 5.32 Å². The Balaban J connectivity index is 2.04. The van der Waals surface area contributed by atoms with Gasteiger partial charge in [0, 0.05) is 32.0 Å². The maximum atomic E-state index is 12.9. The maximum absolute atomic E-state index is 12.9. The van der Waals surface area contributed by atoms with Crippen molar-refractivity contribution in [1.29, 1.82) is 0 Å². The summed E-state index contributed by atoms with van der Waals surface area (Å²) in [5.41, 5.74) is 1.70. The molecule has 2 aromatic rings. The van der Waals surface area contributed by atoms with Gasteiger partial charge < -0.3 is 10.1 Å². The van der Waals surface area contributed by atoms with E-state index in [1.165, 1.54) is 12.1 Å². The van der Waals surface area contributed by atoms with Gasteiger partial charge in [0.15, 0.2) is 5.82 Å². The smallest absolute Gasteiger partial charge is 0.159 e. The van der Waals surface area contributed by atoms with Crippen LogP contribution in [0.2, 0.25) is 0 Å².